The predicted octanol–water partition coefficient (Wildman–Crippen LogP) is 0.849. The van der Waals surface area contributed by atoms with Gasteiger partial charge in [-0.3, -0.25) is 0 Å². The van der Waals surface area contributed by atoms with Gasteiger partial charge in [0.1, 0.15) is 11.4 Å². The minimum Gasteiger partial charge on any atom is -0.477 e. The molecule has 15 heavy (non-hydrogen) atoms. The summed E-state index contributed by atoms with van der Waals surface area (Å²) < 4.78 is 0. The van der Waals surface area contributed by atoms with E-state index in [0.717, 1.165) is 0 Å². The fraction of sp³-hybridized carbons (Fsp3) is 0.100. The molecule has 0 radical (unpaired) electrons. The number of aromatic carboxylic acids is 2. The van der Waals surface area contributed by atoms with Crippen LogP contribution < -0.4 is 0 Å². The van der Waals surface area contributed by atoms with Crippen LogP contribution in [0.1, 0.15) is 33.5 Å². The molecule has 0 unspecified atom stereocenters. The molecule has 76 valence electrons. The number of carboxylic acids is 2. The molecule has 0 atom stereocenters. The van der Waals surface area contributed by atoms with Crippen LogP contribution in [0.2, 0.25) is 0 Å². The van der Waals surface area contributed by atoms with Crippen molar-refractivity contribution in [1.29, 1.82) is 0 Å². The van der Waals surface area contributed by atoms with Gasteiger partial charge in [-0.05, 0) is 19.1 Å². The number of hydrogen-bond acceptors (Lipinski definition) is 3. The Kier molecular flexibility index (Phi) is 3.03. The van der Waals surface area contributed by atoms with Crippen molar-refractivity contribution in [1.82, 2.24) is 4.98 Å². The standard InChI is InChI=1S/C10H7NO4/c1-2-3-6-4-7(9(12)13)11-8(5-6)10(14)15/h4-5H,1H3,(H,12,13)(H,14,15). The van der Waals surface area contributed by atoms with E-state index in [1.54, 1.807) is 6.92 Å². The highest BCUT2D eigenvalue weighted by Gasteiger charge is 2.12. The van der Waals surface area contributed by atoms with Gasteiger partial charge in [0, 0.05) is 5.56 Å². The molecule has 1 heterocycles. The summed E-state index contributed by atoms with van der Waals surface area (Å²) in [5.41, 5.74) is -0.331. The first-order valence-electron chi connectivity index (χ1n) is 3.96. The van der Waals surface area contributed by atoms with E-state index in [1.807, 2.05) is 0 Å². The van der Waals surface area contributed by atoms with E-state index in [-0.39, 0.29) is 11.4 Å². The van der Waals surface area contributed by atoms with Crippen LogP contribution >= 0.6 is 0 Å². The largest absolute Gasteiger partial charge is 0.477 e. The zero-order chi connectivity index (χ0) is 11.4. The maximum Gasteiger partial charge on any atom is 0.354 e. The summed E-state index contributed by atoms with van der Waals surface area (Å²) in [6, 6.07) is 2.45. The molecule has 0 amide bonds. The summed E-state index contributed by atoms with van der Waals surface area (Å²) >= 11 is 0. The summed E-state index contributed by atoms with van der Waals surface area (Å²) in [4.78, 5) is 24.7. The number of carboxylic acid groups (broad SMARTS) is 2. The highest BCUT2D eigenvalue weighted by Crippen LogP contribution is 2.05. The minimum absolute atomic E-state index is 0.322. The minimum atomic E-state index is -1.28. The quantitative estimate of drug-likeness (QED) is 0.699. The van der Waals surface area contributed by atoms with E-state index in [4.69, 9.17) is 10.2 Å². The number of rotatable bonds is 2. The first kappa shape index (κ1) is 10.7. The Morgan fingerprint density at radius 3 is 2.00 bits per heavy atom. The van der Waals surface area contributed by atoms with Crippen molar-refractivity contribution in [2.75, 3.05) is 0 Å². The van der Waals surface area contributed by atoms with Gasteiger partial charge in [-0.15, -0.1) is 5.92 Å². The van der Waals surface area contributed by atoms with Crippen LogP contribution in [0, 0.1) is 11.8 Å². The van der Waals surface area contributed by atoms with E-state index in [1.165, 1.54) is 12.1 Å². The molecule has 0 bridgehead atoms. The lowest BCUT2D eigenvalue weighted by molar-refractivity contribution is 0.0685. The molecule has 5 nitrogen and oxygen atoms in total. The molecule has 0 aliphatic heterocycles. The van der Waals surface area contributed by atoms with Crippen molar-refractivity contribution in [3.8, 4) is 11.8 Å². The monoisotopic (exact) mass is 205 g/mol. The number of nitrogens with zero attached hydrogens (tertiary/aromatic N) is 1. The van der Waals surface area contributed by atoms with Crippen LogP contribution in [0.15, 0.2) is 12.1 Å². The molecule has 0 spiro atoms. The highest BCUT2D eigenvalue weighted by molar-refractivity contribution is 5.90. The van der Waals surface area contributed by atoms with Crippen LogP contribution in [-0.2, 0) is 0 Å². The van der Waals surface area contributed by atoms with Crippen molar-refractivity contribution in [2.24, 2.45) is 0 Å². The van der Waals surface area contributed by atoms with Gasteiger partial charge >= 0.3 is 11.9 Å². The first-order valence-corrected chi connectivity index (χ1v) is 3.96. The molecular weight excluding hydrogens is 198 g/mol. The van der Waals surface area contributed by atoms with E-state index in [0.29, 0.717) is 5.56 Å². The molecule has 0 aliphatic carbocycles. The molecule has 0 saturated carbocycles. The zero-order valence-electron chi connectivity index (χ0n) is 7.81. The topological polar surface area (TPSA) is 87.5 Å². The molecular formula is C10H7NO4. The number of aromatic nitrogens is 1. The maximum absolute atomic E-state index is 10.6. The Hall–Kier alpha value is -2.35. The van der Waals surface area contributed by atoms with Gasteiger partial charge in [0.25, 0.3) is 0 Å². The lowest BCUT2D eigenvalue weighted by atomic mass is 10.2. The second kappa shape index (κ2) is 4.24. The van der Waals surface area contributed by atoms with Gasteiger partial charge in [-0.1, -0.05) is 5.92 Å². The second-order valence-corrected chi connectivity index (χ2v) is 2.61. The average Bonchev–Trinajstić information content (AvgIpc) is 2.17. The molecule has 1 aromatic heterocycles. The smallest absolute Gasteiger partial charge is 0.354 e. The summed E-state index contributed by atoms with van der Waals surface area (Å²) in [6.45, 7) is 1.57. The number of hydrogen-bond donors (Lipinski definition) is 2. The Morgan fingerprint density at radius 2 is 1.67 bits per heavy atom. The van der Waals surface area contributed by atoms with Crippen LogP contribution in [0.3, 0.4) is 0 Å². The van der Waals surface area contributed by atoms with E-state index in [2.05, 4.69) is 16.8 Å². The molecule has 1 rings (SSSR count). The van der Waals surface area contributed by atoms with Gasteiger partial charge in [0.2, 0.25) is 0 Å². The van der Waals surface area contributed by atoms with Crippen molar-refractivity contribution in [3.63, 3.8) is 0 Å². The third kappa shape index (κ3) is 2.54. The van der Waals surface area contributed by atoms with E-state index < -0.39 is 11.9 Å². The number of pyridine rings is 1. The third-order valence-electron chi connectivity index (χ3n) is 1.53. The summed E-state index contributed by atoms with van der Waals surface area (Å²) in [7, 11) is 0. The first-order chi connectivity index (χ1) is 7.04. The van der Waals surface area contributed by atoms with Gasteiger partial charge in [0.05, 0.1) is 0 Å². The average molecular weight is 205 g/mol. The highest BCUT2D eigenvalue weighted by atomic mass is 16.4. The SMILES string of the molecule is CC#Cc1cc(C(=O)O)nc(C(=O)O)c1. The second-order valence-electron chi connectivity index (χ2n) is 2.61. The van der Waals surface area contributed by atoms with Crippen LogP contribution in [0.4, 0.5) is 0 Å². The summed E-state index contributed by atoms with van der Waals surface area (Å²) in [5.74, 6) is 2.57. The molecule has 0 aliphatic rings. The van der Waals surface area contributed by atoms with Crippen LogP contribution in [0.25, 0.3) is 0 Å². The summed E-state index contributed by atoms with van der Waals surface area (Å²) in [5, 5.41) is 17.4. The van der Waals surface area contributed by atoms with Crippen molar-refractivity contribution in [2.45, 2.75) is 6.92 Å². The van der Waals surface area contributed by atoms with Crippen LogP contribution in [0.5, 0.6) is 0 Å². The Balaban J connectivity index is 3.36. The number of carbonyl (C=O) groups is 2. The van der Waals surface area contributed by atoms with Crippen molar-refractivity contribution < 1.29 is 19.8 Å². The van der Waals surface area contributed by atoms with Gasteiger partial charge in [0.15, 0.2) is 0 Å². The molecule has 0 aromatic carbocycles. The van der Waals surface area contributed by atoms with Gasteiger partial charge in [-0.25, -0.2) is 14.6 Å². The fourth-order valence-electron chi connectivity index (χ4n) is 0.966. The van der Waals surface area contributed by atoms with Crippen molar-refractivity contribution >= 4 is 11.9 Å². The maximum atomic E-state index is 10.6. The Morgan fingerprint density at radius 1 is 1.20 bits per heavy atom. The normalized spacial score (nSPS) is 8.87. The lowest BCUT2D eigenvalue weighted by Crippen LogP contribution is -2.08. The Bertz CT molecular complexity index is 450. The fourth-order valence-corrected chi connectivity index (χ4v) is 0.966. The van der Waals surface area contributed by atoms with Crippen LogP contribution in [-0.4, -0.2) is 27.1 Å². The van der Waals surface area contributed by atoms with Gasteiger partial charge in [-0.2, -0.15) is 0 Å². The molecule has 0 fully saturated rings. The zero-order valence-corrected chi connectivity index (χ0v) is 7.81. The molecule has 2 N–H and O–H groups in total. The lowest BCUT2D eigenvalue weighted by Gasteiger charge is -1.98. The van der Waals surface area contributed by atoms with E-state index in [9.17, 15) is 9.59 Å². The predicted molar refractivity (Wildman–Crippen MR) is 50.7 cm³/mol. The molecule has 5 heteroatoms. The van der Waals surface area contributed by atoms with E-state index >= 15 is 0 Å². The summed E-state index contributed by atoms with van der Waals surface area (Å²) in [6.07, 6.45) is 0. The molecule has 1 aromatic rings. The van der Waals surface area contributed by atoms with Gasteiger partial charge < -0.3 is 10.2 Å². The van der Waals surface area contributed by atoms with Crippen molar-refractivity contribution in [3.05, 3.63) is 29.1 Å². The Labute approximate surface area is 85.4 Å². The molecule has 0 saturated heterocycles. The third-order valence-corrected chi connectivity index (χ3v) is 1.53.